The number of ether oxygens (including phenoxy) is 4. The summed E-state index contributed by atoms with van der Waals surface area (Å²) in [4.78, 5) is 28.9. The van der Waals surface area contributed by atoms with Crippen molar-refractivity contribution in [3.8, 4) is 23.0 Å². The number of hydrogen-bond donors (Lipinski definition) is 1. The fraction of sp³-hybridized carbons (Fsp3) is 0.364. The number of piperazine rings is 1. The second-order valence-electron chi connectivity index (χ2n) is 7.21. The predicted molar refractivity (Wildman–Crippen MR) is 113 cm³/mol. The normalized spacial score (nSPS) is 17.7. The summed E-state index contributed by atoms with van der Waals surface area (Å²) in [6.45, 7) is 1.87. The van der Waals surface area contributed by atoms with Gasteiger partial charge in [0.2, 0.25) is 6.10 Å². The van der Waals surface area contributed by atoms with Crippen molar-refractivity contribution in [3.05, 3.63) is 42.5 Å². The number of para-hydroxylation sites is 2. The van der Waals surface area contributed by atoms with E-state index in [0.717, 1.165) is 0 Å². The van der Waals surface area contributed by atoms with Gasteiger partial charge in [-0.2, -0.15) is 0 Å². The lowest BCUT2D eigenvalue weighted by Crippen LogP contribution is -2.55. The van der Waals surface area contributed by atoms with Crippen LogP contribution in [-0.4, -0.2) is 74.8 Å². The molecular formula is C22H25N3O6. The van der Waals surface area contributed by atoms with Crippen LogP contribution < -0.4 is 24.3 Å². The Balaban J connectivity index is 1.31. The molecule has 2 aromatic rings. The Bertz CT molecular complexity index is 936. The van der Waals surface area contributed by atoms with Crippen LogP contribution in [0.3, 0.4) is 0 Å². The Labute approximate surface area is 180 Å². The molecule has 164 valence electrons. The third-order valence-corrected chi connectivity index (χ3v) is 5.27. The van der Waals surface area contributed by atoms with Crippen LogP contribution in [0.25, 0.3) is 0 Å². The standard InChI is InChI=1S/C22H25N3O6/c1-28-16-11-15(12-17(13-16)29-2)23-22(27)25-9-7-24(8-10-25)21(26)20-14-30-18-5-3-4-6-19(18)31-20/h3-6,11-13,20H,7-10,14H2,1-2H3,(H,23,27)/t20-/m1/s1. The summed E-state index contributed by atoms with van der Waals surface area (Å²) in [5, 5.41) is 2.86. The highest BCUT2D eigenvalue weighted by atomic mass is 16.6. The lowest BCUT2D eigenvalue weighted by atomic mass is 10.2. The third kappa shape index (κ3) is 4.60. The number of benzene rings is 2. The van der Waals surface area contributed by atoms with Crippen molar-refractivity contribution in [3.63, 3.8) is 0 Å². The molecule has 0 aromatic heterocycles. The Hall–Kier alpha value is -3.62. The van der Waals surface area contributed by atoms with E-state index in [1.165, 1.54) is 0 Å². The minimum Gasteiger partial charge on any atom is -0.497 e. The molecule has 0 aliphatic carbocycles. The summed E-state index contributed by atoms with van der Waals surface area (Å²) < 4.78 is 21.9. The van der Waals surface area contributed by atoms with Gasteiger partial charge in [-0.05, 0) is 12.1 Å². The topological polar surface area (TPSA) is 89.6 Å². The molecule has 1 saturated heterocycles. The highest BCUT2D eigenvalue weighted by molar-refractivity contribution is 5.90. The molecule has 4 rings (SSSR count). The maximum atomic E-state index is 12.8. The maximum absolute atomic E-state index is 12.8. The molecule has 0 radical (unpaired) electrons. The Morgan fingerprint density at radius 3 is 2.19 bits per heavy atom. The van der Waals surface area contributed by atoms with Crippen molar-refractivity contribution in [1.82, 2.24) is 9.80 Å². The zero-order valence-electron chi connectivity index (χ0n) is 17.5. The van der Waals surface area contributed by atoms with Crippen LogP contribution >= 0.6 is 0 Å². The fourth-order valence-electron chi connectivity index (χ4n) is 3.56. The smallest absolute Gasteiger partial charge is 0.321 e. The Morgan fingerprint density at radius 2 is 1.55 bits per heavy atom. The molecule has 31 heavy (non-hydrogen) atoms. The van der Waals surface area contributed by atoms with Gasteiger partial charge < -0.3 is 34.1 Å². The molecule has 9 heteroatoms. The first-order chi connectivity index (χ1) is 15.1. The molecule has 0 spiro atoms. The number of carbonyl (C=O) groups is 2. The monoisotopic (exact) mass is 427 g/mol. The van der Waals surface area contributed by atoms with E-state index >= 15 is 0 Å². The highest BCUT2D eigenvalue weighted by Gasteiger charge is 2.33. The number of methoxy groups -OCH3 is 2. The van der Waals surface area contributed by atoms with E-state index in [2.05, 4.69) is 5.32 Å². The number of fused-ring (bicyclic) bond motifs is 1. The van der Waals surface area contributed by atoms with Gasteiger partial charge >= 0.3 is 6.03 Å². The SMILES string of the molecule is COc1cc(NC(=O)N2CCN(C(=O)[C@H]3COc4ccccc4O3)CC2)cc(OC)c1. The van der Waals surface area contributed by atoms with Crippen LogP contribution in [0.1, 0.15) is 0 Å². The summed E-state index contributed by atoms with van der Waals surface area (Å²) in [5.41, 5.74) is 0.575. The first-order valence-electron chi connectivity index (χ1n) is 10.0. The number of hydrogen-bond acceptors (Lipinski definition) is 6. The summed E-state index contributed by atoms with van der Waals surface area (Å²) in [7, 11) is 3.10. The van der Waals surface area contributed by atoms with Crippen molar-refractivity contribution < 1.29 is 28.5 Å². The van der Waals surface area contributed by atoms with Crippen molar-refractivity contribution >= 4 is 17.6 Å². The first-order valence-corrected chi connectivity index (χ1v) is 10.0. The molecule has 2 aliphatic rings. The highest BCUT2D eigenvalue weighted by Crippen LogP contribution is 2.31. The van der Waals surface area contributed by atoms with E-state index in [-0.39, 0.29) is 18.5 Å². The molecule has 2 heterocycles. The van der Waals surface area contributed by atoms with Gasteiger partial charge in [0.1, 0.15) is 18.1 Å². The molecular weight excluding hydrogens is 402 g/mol. The van der Waals surface area contributed by atoms with E-state index in [4.69, 9.17) is 18.9 Å². The quantitative estimate of drug-likeness (QED) is 0.805. The number of anilines is 1. The zero-order valence-corrected chi connectivity index (χ0v) is 17.5. The van der Waals surface area contributed by atoms with Gasteiger partial charge in [0.15, 0.2) is 11.5 Å². The summed E-state index contributed by atoms with van der Waals surface area (Å²) in [6.07, 6.45) is -0.681. The molecule has 2 aliphatic heterocycles. The molecule has 0 saturated carbocycles. The number of rotatable bonds is 4. The zero-order chi connectivity index (χ0) is 21.8. The largest absolute Gasteiger partial charge is 0.497 e. The lowest BCUT2D eigenvalue weighted by molar-refractivity contribution is -0.142. The third-order valence-electron chi connectivity index (χ3n) is 5.27. The summed E-state index contributed by atoms with van der Waals surface area (Å²) in [6, 6.07) is 12.2. The predicted octanol–water partition coefficient (Wildman–Crippen LogP) is 2.22. The first kappa shape index (κ1) is 20.6. The fourth-order valence-corrected chi connectivity index (χ4v) is 3.56. The van der Waals surface area contributed by atoms with E-state index in [1.807, 2.05) is 18.2 Å². The molecule has 3 amide bonds. The molecule has 0 bridgehead atoms. The van der Waals surface area contributed by atoms with Gasteiger partial charge in [-0.3, -0.25) is 4.79 Å². The van der Waals surface area contributed by atoms with Crippen LogP contribution in [0.15, 0.2) is 42.5 Å². The second-order valence-corrected chi connectivity index (χ2v) is 7.21. The molecule has 1 N–H and O–H groups in total. The summed E-state index contributed by atoms with van der Waals surface area (Å²) in [5.74, 6) is 2.25. The maximum Gasteiger partial charge on any atom is 0.321 e. The molecule has 1 fully saturated rings. The number of amides is 3. The van der Waals surface area contributed by atoms with Crippen molar-refractivity contribution in [1.29, 1.82) is 0 Å². The molecule has 9 nitrogen and oxygen atoms in total. The average molecular weight is 427 g/mol. The minimum atomic E-state index is -0.681. The van der Waals surface area contributed by atoms with E-state index in [1.54, 1.807) is 48.3 Å². The van der Waals surface area contributed by atoms with Crippen LogP contribution in [0.2, 0.25) is 0 Å². The van der Waals surface area contributed by atoms with Gasteiger partial charge in [0.05, 0.1) is 14.2 Å². The summed E-state index contributed by atoms with van der Waals surface area (Å²) >= 11 is 0. The Morgan fingerprint density at radius 1 is 0.935 bits per heavy atom. The average Bonchev–Trinajstić information content (AvgIpc) is 2.83. The molecule has 0 unspecified atom stereocenters. The van der Waals surface area contributed by atoms with Gasteiger partial charge in [0.25, 0.3) is 5.91 Å². The van der Waals surface area contributed by atoms with Crippen molar-refractivity contribution in [2.24, 2.45) is 0 Å². The van der Waals surface area contributed by atoms with E-state index in [9.17, 15) is 9.59 Å². The van der Waals surface area contributed by atoms with Crippen LogP contribution in [0.5, 0.6) is 23.0 Å². The van der Waals surface area contributed by atoms with Gasteiger partial charge in [-0.25, -0.2) is 4.79 Å². The van der Waals surface area contributed by atoms with Crippen molar-refractivity contribution in [2.45, 2.75) is 6.10 Å². The van der Waals surface area contributed by atoms with Crippen molar-refractivity contribution in [2.75, 3.05) is 52.3 Å². The number of urea groups is 1. The van der Waals surface area contributed by atoms with Gasteiger partial charge in [-0.1, -0.05) is 12.1 Å². The minimum absolute atomic E-state index is 0.132. The molecule has 2 aromatic carbocycles. The van der Waals surface area contributed by atoms with E-state index in [0.29, 0.717) is 54.9 Å². The van der Waals surface area contributed by atoms with Crippen LogP contribution in [0, 0.1) is 0 Å². The second kappa shape index (κ2) is 9.03. The Kier molecular flexibility index (Phi) is 6.01. The van der Waals surface area contributed by atoms with Gasteiger partial charge in [0, 0.05) is 50.1 Å². The lowest BCUT2D eigenvalue weighted by Gasteiger charge is -2.37. The molecule has 1 atom stereocenters. The number of carbonyl (C=O) groups excluding carboxylic acids is 2. The van der Waals surface area contributed by atoms with Gasteiger partial charge in [-0.15, -0.1) is 0 Å². The van der Waals surface area contributed by atoms with Crippen LogP contribution in [-0.2, 0) is 4.79 Å². The van der Waals surface area contributed by atoms with Crippen LogP contribution in [0.4, 0.5) is 10.5 Å². The number of nitrogens with zero attached hydrogens (tertiary/aromatic N) is 2. The van der Waals surface area contributed by atoms with E-state index < -0.39 is 6.10 Å². The number of nitrogens with one attached hydrogen (secondary N) is 1.